The van der Waals surface area contributed by atoms with E-state index < -0.39 is 0 Å². The highest BCUT2D eigenvalue weighted by molar-refractivity contribution is 8.01. The number of aromatic nitrogens is 2. The number of hydrogen-bond donors (Lipinski definition) is 1. The molecule has 1 heterocycles. The first-order chi connectivity index (χ1) is 13.0. The lowest BCUT2D eigenvalue weighted by molar-refractivity contribution is -0.127. The quantitative estimate of drug-likeness (QED) is 0.593. The summed E-state index contributed by atoms with van der Waals surface area (Å²) >= 11 is 2.46. The summed E-state index contributed by atoms with van der Waals surface area (Å²) in [5.41, 5.74) is 0.775. The number of hydrogen-bond acceptors (Lipinski definition) is 6. The number of nitrogens with one attached hydrogen (secondary N) is 1. The summed E-state index contributed by atoms with van der Waals surface area (Å²) in [6.45, 7) is 0.197. The second-order valence-corrected chi connectivity index (χ2v) is 7.81. The Labute approximate surface area is 163 Å². The number of thioether (sulfide) groups is 1. The summed E-state index contributed by atoms with van der Waals surface area (Å²) in [6.07, 6.45) is 0. The van der Waals surface area contributed by atoms with Gasteiger partial charge in [0, 0.05) is 19.2 Å². The van der Waals surface area contributed by atoms with Gasteiger partial charge in [-0.1, -0.05) is 53.4 Å². The lowest BCUT2D eigenvalue weighted by Gasteiger charge is -2.17. The van der Waals surface area contributed by atoms with Crippen LogP contribution in [0.3, 0.4) is 0 Å². The minimum atomic E-state index is -0.383. The molecule has 1 aromatic heterocycles. The Bertz CT molecular complexity index is 935. The van der Waals surface area contributed by atoms with Crippen molar-refractivity contribution in [2.75, 3.05) is 18.1 Å². The zero-order valence-electron chi connectivity index (χ0n) is 14.4. The zero-order chi connectivity index (χ0) is 19.2. The van der Waals surface area contributed by atoms with Gasteiger partial charge in [-0.15, -0.1) is 10.2 Å². The molecule has 0 fully saturated rings. The first-order valence-corrected chi connectivity index (χ1v) is 9.78. The maximum atomic E-state index is 13.7. The van der Waals surface area contributed by atoms with E-state index in [1.807, 2.05) is 0 Å². The van der Waals surface area contributed by atoms with Crippen LogP contribution < -0.4 is 5.32 Å². The minimum absolute atomic E-state index is 0.151. The van der Waals surface area contributed by atoms with Crippen molar-refractivity contribution < 1.29 is 13.6 Å². The van der Waals surface area contributed by atoms with E-state index in [0.29, 0.717) is 20.7 Å². The summed E-state index contributed by atoms with van der Waals surface area (Å²) in [6, 6.07) is 12.6. The molecule has 3 aromatic rings. The molecule has 3 rings (SSSR count). The number of anilines is 2. The molecule has 0 atom stereocenters. The topological polar surface area (TPSA) is 58.1 Å². The third-order valence-electron chi connectivity index (χ3n) is 3.63. The number of halogens is 2. The Kier molecular flexibility index (Phi) is 6.36. The molecule has 27 heavy (non-hydrogen) atoms. The molecule has 0 aliphatic heterocycles. The van der Waals surface area contributed by atoms with Crippen LogP contribution in [0.1, 0.15) is 5.56 Å². The van der Waals surface area contributed by atoms with Gasteiger partial charge in [-0.25, -0.2) is 8.78 Å². The third-order valence-corrected chi connectivity index (χ3v) is 5.59. The summed E-state index contributed by atoms with van der Waals surface area (Å²) in [5.74, 6) is -0.717. The van der Waals surface area contributed by atoms with Crippen molar-refractivity contribution >= 4 is 39.8 Å². The average molecular weight is 406 g/mol. The van der Waals surface area contributed by atoms with E-state index in [4.69, 9.17) is 0 Å². The minimum Gasteiger partial charge on any atom is -0.341 e. The molecule has 0 saturated carbocycles. The SMILES string of the molecule is CN(Cc1ccccc1F)C(=O)CSc1nnc(Nc2ccccc2F)s1. The van der Waals surface area contributed by atoms with Crippen LogP contribution in [0, 0.1) is 11.6 Å². The molecule has 0 aliphatic rings. The Hall–Kier alpha value is -2.52. The monoisotopic (exact) mass is 406 g/mol. The van der Waals surface area contributed by atoms with E-state index in [1.165, 1.54) is 40.1 Å². The highest BCUT2D eigenvalue weighted by Crippen LogP contribution is 2.28. The van der Waals surface area contributed by atoms with Crippen molar-refractivity contribution in [3.8, 4) is 0 Å². The first kappa shape index (κ1) is 19.2. The van der Waals surface area contributed by atoms with Crippen LogP contribution in [0.2, 0.25) is 0 Å². The van der Waals surface area contributed by atoms with Crippen LogP contribution in [0.15, 0.2) is 52.9 Å². The molecule has 0 saturated heterocycles. The van der Waals surface area contributed by atoms with Crippen molar-refractivity contribution in [2.45, 2.75) is 10.9 Å². The second-order valence-electron chi connectivity index (χ2n) is 5.61. The molecule has 140 valence electrons. The van der Waals surface area contributed by atoms with E-state index >= 15 is 0 Å². The van der Waals surface area contributed by atoms with Crippen molar-refractivity contribution in [3.05, 3.63) is 65.7 Å². The Morgan fingerprint density at radius 1 is 1.11 bits per heavy atom. The van der Waals surface area contributed by atoms with Gasteiger partial charge in [-0.3, -0.25) is 4.79 Å². The van der Waals surface area contributed by atoms with Gasteiger partial charge in [0.1, 0.15) is 11.6 Å². The zero-order valence-corrected chi connectivity index (χ0v) is 16.0. The third kappa shape index (κ3) is 5.24. The van der Waals surface area contributed by atoms with Crippen LogP contribution in [-0.4, -0.2) is 33.8 Å². The van der Waals surface area contributed by atoms with Gasteiger partial charge in [-0.05, 0) is 18.2 Å². The molecule has 2 aromatic carbocycles. The van der Waals surface area contributed by atoms with E-state index in [-0.39, 0.29) is 29.8 Å². The normalized spacial score (nSPS) is 10.6. The molecule has 9 heteroatoms. The summed E-state index contributed by atoms with van der Waals surface area (Å²) < 4.78 is 27.9. The second kappa shape index (κ2) is 8.92. The summed E-state index contributed by atoms with van der Waals surface area (Å²) in [4.78, 5) is 13.7. The fourth-order valence-electron chi connectivity index (χ4n) is 2.20. The number of nitrogens with zero attached hydrogens (tertiary/aromatic N) is 3. The lowest BCUT2D eigenvalue weighted by atomic mass is 10.2. The standard InChI is InChI=1S/C18H16F2N4OS2/c1-24(10-12-6-2-3-7-13(12)19)16(25)11-26-18-23-22-17(27-18)21-15-9-5-4-8-14(15)20/h2-9H,10-11H2,1H3,(H,21,22). The maximum absolute atomic E-state index is 13.7. The van der Waals surface area contributed by atoms with Crippen LogP contribution >= 0.6 is 23.1 Å². The average Bonchev–Trinajstić information content (AvgIpc) is 3.11. The van der Waals surface area contributed by atoms with Crippen molar-refractivity contribution in [1.82, 2.24) is 15.1 Å². The van der Waals surface area contributed by atoms with Gasteiger partial charge in [0.2, 0.25) is 11.0 Å². The largest absolute Gasteiger partial charge is 0.341 e. The van der Waals surface area contributed by atoms with Gasteiger partial charge in [-0.2, -0.15) is 0 Å². The van der Waals surface area contributed by atoms with Crippen LogP contribution in [0.5, 0.6) is 0 Å². The summed E-state index contributed by atoms with van der Waals surface area (Å²) in [7, 11) is 1.63. The van der Waals surface area contributed by atoms with Crippen LogP contribution in [-0.2, 0) is 11.3 Å². The van der Waals surface area contributed by atoms with E-state index in [2.05, 4.69) is 15.5 Å². The molecule has 1 amide bonds. The fraction of sp³-hybridized carbons (Fsp3) is 0.167. The summed E-state index contributed by atoms with van der Waals surface area (Å²) in [5, 5.41) is 11.2. The number of benzene rings is 2. The number of carbonyl (C=O) groups excluding carboxylic acids is 1. The molecular formula is C18H16F2N4OS2. The molecule has 0 spiro atoms. The predicted octanol–water partition coefficient (Wildman–Crippen LogP) is 4.31. The van der Waals surface area contributed by atoms with E-state index in [9.17, 15) is 13.6 Å². The van der Waals surface area contributed by atoms with Crippen molar-refractivity contribution in [2.24, 2.45) is 0 Å². The predicted molar refractivity (Wildman–Crippen MR) is 103 cm³/mol. The van der Waals surface area contributed by atoms with E-state index in [1.54, 1.807) is 43.4 Å². The molecule has 0 aliphatic carbocycles. The molecule has 5 nitrogen and oxygen atoms in total. The molecule has 1 N–H and O–H groups in total. The van der Waals surface area contributed by atoms with E-state index in [0.717, 1.165) is 0 Å². The number of carbonyl (C=O) groups is 1. The van der Waals surface area contributed by atoms with Crippen molar-refractivity contribution in [3.63, 3.8) is 0 Å². The number of para-hydroxylation sites is 1. The van der Waals surface area contributed by atoms with Gasteiger partial charge >= 0.3 is 0 Å². The maximum Gasteiger partial charge on any atom is 0.233 e. The fourth-order valence-corrected chi connectivity index (χ4v) is 3.91. The smallest absolute Gasteiger partial charge is 0.233 e. The number of amides is 1. The van der Waals surface area contributed by atoms with Gasteiger partial charge in [0.15, 0.2) is 4.34 Å². The lowest BCUT2D eigenvalue weighted by Crippen LogP contribution is -2.28. The molecule has 0 radical (unpaired) electrons. The van der Waals surface area contributed by atoms with Crippen LogP contribution in [0.4, 0.5) is 19.6 Å². The Morgan fingerprint density at radius 2 is 1.81 bits per heavy atom. The van der Waals surface area contributed by atoms with Crippen LogP contribution in [0.25, 0.3) is 0 Å². The highest BCUT2D eigenvalue weighted by atomic mass is 32.2. The van der Waals surface area contributed by atoms with Gasteiger partial charge in [0.05, 0.1) is 11.4 Å². The van der Waals surface area contributed by atoms with Crippen molar-refractivity contribution in [1.29, 1.82) is 0 Å². The first-order valence-electron chi connectivity index (χ1n) is 7.98. The molecular weight excluding hydrogens is 390 g/mol. The Balaban J connectivity index is 1.53. The molecule has 0 bridgehead atoms. The van der Waals surface area contributed by atoms with Gasteiger partial charge in [0.25, 0.3) is 0 Å². The number of rotatable bonds is 7. The highest BCUT2D eigenvalue weighted by Gasteiger charge is 2.14. The molecule has 0 unspecified atom stereocenters. The Morgan fingerprint density at radius 3 is 2.56 bits per heavy atom. The van der Waals surface area contributed by atoms with Gasteiger partial charge < -0.3 is 10.2 Å².